The second kappa shape index (κ2) is 8.54. The summed E-state index contributed by atoms with van der Waals surface area (Å²) in [5, 5.41) is 0. The van der Waals surface area contributed by atoms with Crippen LogP contribution in [-0.2, 0) is 16.0 Å². The number of nitrogens with zero attached hydrogens (tertiary/aromatic N) is 1. The third kappa shape index (κ3) is 4.49. The average Bonchev–Trinajstić information content (AvgIpc) is 2.47. The molecule has 1 atom stereocenters. The Kier molecular flexibility index (Phi) is 7.02. The Morgan fingerprint density at radius 2 is 1.95 bits per heavy atom. The average molecular weight is 294 g/mol. The Morgan fingerprint density at radius 1 is 1.30 bits per heavy atom. The molecular formula is C16H20ClNO2. The van der Waals surface area contributed by atoms with Gasteiger partial charge in [-0.15, -0.1) is 18.2 Å². The van der Waals surface area contributed by atoms with Crippen molar-refractivity contribution in [3.8, 4) is 0 Å². The van der Waals surface area contributed by atoms with Gasteiger partial charge >= 0.3 is 0 Å². The van der Waals surface area contributed by atoms with Crippen molar-refractivity contribution in [1.82, 2.24) is 4.90 Å². The zero-order valence-corrected chi connectivity index (χ0v) is 12.5. The number of hydrogen-bond acceptors (Lipinski definition) is 2. The maximum absolute atomic E-state index is 12.1. The number of halogens is 1. The second-order valence-electron chi connectivity index (χ2n) is 4.50. The summed E-state index contributed by atoms with van der Waals surface area (Å²) in [6, 6.07) is 9.39. The van der Waals surface area contributed by atoms with Crippen molar-refractivity contribution in [3.05, 3.63) is 48.6 Å². The fourth-order valence-electron chi connectivity index (χ4n) is 2.04. The molecule has 0 N–H and O–H groups in total. The SMILES string of the molecule is C=CCC(=O)N(C(=O)CC)C(CCl)Cc1ccccc1. The molecule has 1 unspecified atom stereocenters. The zero-order valence-electron chi connectivity index (χ0n) is 11.7. The highest BCUT2D eigenvalue weighted by Gasteiger charge is 2.27. The van der Waals surface area contributed by atoms with Crippen LogP contribution in [0, 0.1) is 0 Å². The Morgan fingerprint density at radius 3 is 2.45 bits per heavy atom. The lowest BCUT2D eigenvalue weighted by Crippen LogP contribution is -2.46. The number of amides is 2. The highest BCUT2D eigenvalue weighted by Crippen LogP contribution is 2.14. The van der Waals surface area contributed by atoms with E-state index in [9.17, 15) is 9.59 Å². The number of hydrogen-bond donors (Lipinski definition) is 0. The molecule has 0 radical (unpaired) electrons. The quantitative estimate of drug-likeness (QED) is 0.572. The van der Waals surface area contributed by atoms with Crippen molar-refractivity contribution < 1.29 is 9.59 Å². The summed E-state index contributed by atoms with van der Waals surface area (Å²) in [5.41, 5.74) is 1.05. The fraction of sp³-hybridized carbons (Fsp3) is 0.375. The van der Waals surface area contributed by atoms with Gasteiger partial charge in [0, 0.05) is 18.7 Å². The van der Waals surface area contributed by atoms with Crippen LogP contribution in [0.3, 0.4) is 0 Å². The summed E-state index contributed by atoms with van der Waals surface area (Å²) < 4.78 is 0. The third-order valence-corrected chi connectivity index (χ3v) is 3.37. The minimum absolute atomic E-state index is 0.147. The molecule has 108 valence electrons. The number of carbonyl (C=O) groups excluding carboxylic acids is 2. The van der Waals surface area contributed by atoms with Gasteiger partial charge in [0.25, 0.3) is 0 Å². The van der Waals surface area contributed by atoms with Crippen LogP contribution in [0.1, 0.15) is 25.3 Å². The molecule has 0 spiro atoms. The summed E-state index contributed by atoms with van der Waals surface area (Å²) in [7, 11) is 0. The van der Waals surface area contributed by atoms with Crippen LogP contribution in [0.2, 0.25) is 0 Å². The van der Waals surface area contributed by atoms with Gasteiger partial charge in [-0.2, -0.15) is 0 Å². The van der Waals surface area contributed by atoms with Crippen LogP contribution < -0.4 is 0 Å². The van der Waals surface area contributed by atoms with E-state index in [2.05, 4.69) is 6.58 Å². The van der Waals surface area contributed by atoms with Gasteiger partial charge in [-0.25, -0.2) is 0 Å². The molecule has 1 aromatic rings. The van der Waals surface area contributed by atoms with Crippen molar-refractivity contribution >= 4 is 23.4 Å². The first kappa shape index (κ1) is 16.4. The van der Waals surface area contributed by atoms with Crippen molar-refractivity contribution in [2.75, 3.05) is 5.88 Å². The molecule has 0 aromatic heterocycles. The number of alkyl halides is 1. The number of imide groups is 1. The van der Waals surface area contributed by atoms with E-state index in [0.717, 1.165) is 5.56 Å². The molecule has 20 heavy (non-hydrogen) atoms. The largest absolute Gasteiger partial charge is 0.278 e. The maximum Gasteiger partial charge on any atom is 0.233 e. The van der Waals surface area contributed by atoms with Crippen LogP contribution in [0.4, 0.5) is 0 Å². The lowest BCUT2D eigenvalue weighted by molar-refractivity contribution is -0.146. The van der Waals surface area contributed by atoms with E-state index in [1.54, 1.807) is 6.92 Å². The Hall–Kier alpha value is -1.61. The first-order valence-corrected chi connectivity index (χ1v) is 7.23. The van der Waals surface area contributed by atoms with E-state index in [0.29, 0.717) is 6.42 Å². The van der Waals surface area contributed by atoms with Gasteiger partial charge in [0.2, 0.25) is 11.8 Å². The van der Waals surface area contributed by atoms with Crippen LogP contribution in [0.5, 0.6) is 0 Å². The highest BCUT2D eigenvalue weighted by molar-refractivity contribution is 6.18. The minimum Gasteiger partial charge on any atom is -0.278 e. The minimum atomic E-state index is -0.320. The monoisotopic (exact) mass is 293 g/mol. The van der Waals surface area contributed by atoms with E-state index in [-0.39, 0.29) is 36.6 Å². The van der Waals surface area contributed by atoms with Crippen LogP contribution in [0.15, 0.2) is 43.0 Å². The molecule has 0 heterocycles. The Bertz CT molecular complexity index is 459. The molecule has 4 heteroatoms. The Labute approximate surface area is 125 Å². The molecule has 1 rings (SSSR count). The molecule has 0 aliphatic rings. The molecule has 0 aliphatic carbocycles. The lowest BCUT2D eigenvalue weighted by Gasteiger charge is -2.28. The summed E-state index contributed by atoms with van der Waals surface area (Å²) in [6.07, 6.45) is 2.50. The third-order valence-electron chi connectivity index (χ3n) is 3.02. The number of rotatable bonds is 7. The van der Waals surface area contributed by atoms with Crippen molar-refractivity contribution in [2.45, 2.75) is 32.2 Å². The summed E-state index contributed by atoms with van der Waals surface area (Å²) in [4.78, 5) is 25.4. The summed E-state index contributed by atoms with van der Waals surface area (Å²) in [6.45, 7) is 5.29. The summed E-state index contributed by atoms with van der Waals surface area (Å²) in [5.74, 6) is -0.212. The van der Waals surface area contributed by atoms with Gasteiger partial charge in [0.15, 0.2) is 0 Å². The van der Waals surface area contributed by atoms with E-state index >= 15 is 0 Å². The van der Waals surface area contributed by atoms with E-state index in [4.69, 9.17) is 11.6 Å². The van der Waals surface area contributed by atoms with Crippen LogP contribution in [-0.4, -0.2) is 28.6 Å². The molecule has 0 aliphatic heterocycles. The van der Waals surface area contributed by atoms with Gasteiger partial charge in [-0.05, 0) is 12.0 Å². The van der Waals surface area contributed by atoms with Crippen molar-refractivity contribution in [3.63, 3.8) is 0 Å². The topological polar surface area (TPSA) is 37.4 Å². The molecule has 3 nitrogen and oxygen atoms in total. The first-order valence-electron chi connectivity index (χ1n) is 6.69. The molecule has 2 amide bonds. The zero-order chi connectivity index (χ0) is 15.0. The molecule has 0 fully saturated rings. The van der Waals surface area contributed by atoms with E-state index < -0.39 is 0 Å². The Balaban J connectivity index is 2.93. The van der Waals surface area contributed by atoms with E-state index in [1.807, 2.05) is 30.3 Å². The predicted molar refractivity (Wildman–Crippen MR) is 81.6 cm³/mol. The lowest BCUT2D eigenvalue weighted by atomic mass is 10.0. The normalized spacial score (nSPS) is 11.7. The molecule has 0 saturated heterocycles. The number of benzene rings is 1. The maximum atomic E-state index is 12.1. The molecule has 0 saturated carbocycles. The smallest absolute Gasteiger partial charge is 0.233 e. The first-order chi connectivity index (χ1) is 9.63. The predicted octanol–water partition coefficient (Wildman–Crippen LogP) is 3.18. The van der Waals surface area contributed by atoms with Gasteiger partial charge in [0.1, 0.15) is 0 Å². The standard InChI is InChI=1S/C16H20ClNO2/c1-3-8-16(20)18(15(19)4-2)14(12-17)11-13-9-6-5-7-10-13/h3,5-7,9-10,14H,1,4,8,11-12H2,2H3. The fourth-order valence-corrected chi connectivity index (χ4v) is 2.29. The van der Waals surface area contributed by atoms with Gasteiger partial charge in [-0.1, -0.05) is 43.3 Å². The molecule has 1 aromatic carbocycles. The van der Waals surface area contributed by atoms with Gasteiger partial charge in [-0.3, -0.25) is 14.5 Å². The number of carbonyl (C=O) groups is 2. The van der Waals surface area contributed by atoms with Crippen molar-refractivity contribution in [1.29, 1.82) is 0 Å². The molecule has 0 bridgehead atoms. The van der Waals surface area contributed by atoms with Gasteiger partial charge < -0.3 is 0 Å². The van der Waals surface area contributed by atoms with Gasteiger partial charge in [0.05, 0.1) is 6.04 Å². The second-order valence-corrected chi connectivity index (χ2v) is 4.81. The van der Waals surface area contributed by atoms with Crippen molar-refractivity contribution in [2.24, 2.45) is 0 Å². The van der Waals surface area contributed by atoms with Crippen LogP contribution in [0.25, 0.3) is 0 Å². The summed E-state index contributed by atoms with van der Waals surface area (Å²) >= 11 is 5.99. The van der Waals surface area contributed by atoms with E-state index in [1.165, 1.54) is 11.0 Å². The van der Waals surface area contributed by atoms with Crippen LogP contribution >= 0.6 is 11.6 Å². The highest BCUT2D eigenvalue weighted by atomic mass is 35.5. The molecular weight excluding hydrogens is 274 g/mol.